The molecule has 0 bridgehead atoms. The van der Waals surface area contributed by atoms with Crippen LogP contribution in [0, 0.1) is 17.3 Å². The molecular weight excluding hydrogens is 212 g/mol. The van der Waals surface area contributed by atoms with Gasteiger partial charge in [0.2, 0.25) is 0 Å². The lowest BCUT2D eigenvalue weighted by atomic mass is 9.73. The van der Waals surface area contributed by atoms with Gasteiger partial charge < -0.3 is 10.4 Å². The van der Waals surface area contributed by atoms with Crippen LogP contribution in [-0.2, 0) is 0 Å². The summed E-state index contributed by atoms with van der Waals surface area (Å²) in [5.41, 5.74) is 0.287. The van der Waals surface area contributed by atoms with E-state index in [0.29, 0.717) is 18.4 Å². The Kier molecular flexibility index (Phi) is 7.44. The predicted molar refractivity (Wildman–Crippen MR) is 75.5 cm³/mol. The highest BCUT2D eigenvalue weighted by Gasteiger charge is 2.27. The highest BCUT2D eigenvalue weighted by molar-refractivity contribution is 5.79. The Morgan fingerprint density at radius 3 is 2.41 bits per heavy atom. The van der Waals surface area contributed by atoms with Gasteiger partial charge in [-0.3, -0.25) is 4.99 Å². The summed E-state index contributed by atoms with van der Waals surface area (Å²) >= 11 is 0. The first-order valence-electron chi connectivity index (χ1n) is 6.61. The summed E-state index contributed by atoms with van der Waals surface area (Å²) in [5, 5.41) is 12.3. The second-order valence-corrected chi connectivity index (χ2v) is 5.90. The minimum Gasteiger partial charge on any atom is -0.396 e. The first-order chi connectivity index (χ1) is 7.83. The smallest absolute Gasteiger partial charge is 0.0928 e. The van der Waals surface area contributed by atoms with Crippen LogP contribution in [-0.4, -0.2) is 31.1 Å². The number of aliphatic hydroxyl groups excluding tert-OH is 1. The maximum Gasteiger partial charge on any atom is 0.0928 e. The van der Waals surface area contributed by atoms with Gasteiger partial charge in [-0.1, -0.05) is 27.7 Å². The van der Waals surface area contributed by atoms with Crippen LogP contribution in [0.5, 0.6) is 0 Å². The molecule has 0 aliphatic rings. The number of aliphatic imine (C=N–C) groups is 1. The summed E-state index contributed by atoms with van der Waals surface area (Å²) in [6, 6.07) is 0. The van der Waals surface area contributed by atoms with Crippen molar-refractivity contribution in [2.45, 2.75) is 47.5 Å². The number of aliphatic hydroxyl groups is 1. The minimum atomic E-state index is 0.287. The third-order valence-corrected chi connectivity index (χ3v) is 3.83. The van der Waals surface area contributed by atoms with E-state index in [0.717, 1.165) is 25.2 Å². The van der Waals surface area contributed by atoms with Crippen molar-refractivity contribution >= 4 is 5.84 Å². The zero-order valence-corrected chi connectivity index (χ0v) is 12.4. The van der Waals surface area contributed by atoms with E-state index in [-0.39, 0.29) is 5.41 Å². The zero-order chi connectivity index (χ0) is 13.5. The third kappa shape index (κ3) is 6.67. The standard InChI is InChI=1S/C14H30N2O/c1-11(7-8-17)9-14(4,5)12(2)10-16-13(3)15-6/h11-12,17H,7-10H2,1-6H3,(H,15,16). The van der Waals surface area contributed by atoms with E-state index in [1.54, 1.807) is 0 Å². The number of nitrogens with zero attached hydrogens (tertiary/aromatic N) is 1. The molecule has 0 heterocycles. The Hall–Kier alpha value is -0.570. The highest BCUT2D eigenvalue weighted by Crippen LogP contribution is 2.34. The van der Waals surface area contributed by atoms with Gasteiger partial charge in [0.15, 0.2) is 0 Å². The van der Waals surface area contributed by atoms with Gasteiger partial charge in [-0.2, -0.15) is 0 Å². The maximum absolute atomic E-state index is 8.95. The van der Waals surface area contributed by atoms with Crippen LogP contribution in [0.4, 0.5) is 0 Å². The van der Waals surface area contributed by atoms with Crippen LogP contribution in [0.25, 0.3) is 0 Å². The molecule has 102 valence electrons. The number of hydrogen-bond donors (Lipinski definition) is 2. The van der Waals surface area contributed by atoms with Crippen molar-refractivity contribution in [1.29, 1.82) is 0 Å². The molecule has 0 radical (unpaired) electrons. The van der Waals surface area contributed by atoms with Gasteiger partial charge in [-0.25, -0.2) is 0 Å². The second-order valence-electron chi connectivity index (χ2n) is 5.90. The van der Waals surface area contributed by atoms with E-state index in [1.807, 2.05) is 14.0 Å². The zero-order valence-electron chi connectivity index (χ0n) is 12.4. The van der Waals surface area contributed by atoms with Gasteiger partial charge in [0.25, 0.3) is 0 Å². The summed E-state index contributed by atoms with van der Waals surface area (Å²) in [5.74, 6) is 2.16. The summed E-state index contributed by atoms with van der Waals surface area (Å²) in [6.07, 6.45) is 2.05. The van der Waals surface area contributed by atoms with E-state index in [4.69, 9.17) is 5.11 Å². The van der Waals surface area contributed by atoms with Gasteiger partial charge in [-0.15, -0.1) is 0 Å². The Morgan fingerprint density at radius 2 is 1.94 bits per heavy atom. The molecular formula is C14H30N2O. The first kappa shape index (κ1) is 16.4. The van der Waals surface area contributed by atoms with Crippen molar-refractivity contribution in [3.63, 3.8) is 0 Å². The molecule has 3 nitrogen and oxygen atoms in total. The predicted octanol–water partition coefficient (Wildman–Crippen LogP) is 2.70. The molecule has 0 fully saturated rings. The topological polar surface area (TPSA) is 44.6 Å². The fourth-order valence-electron chi connectivity index (χ4n) is 2.08. The van der Waals surface area contributed by atoms with E-state index < -0.39 is 0 Å². The molecule has 17 heavy (non-hydrogen) atoms. The SMILES string of the molecule is CN=C(C)NCC(C)C(C)(C)CC(C)CCO. The molecule has 0 aromatic heterocycles. The molecule has 0 saturated heterocycles. The molecule has 0 saturated carbocycles. The quantitative estimate of drug-likeness (QED) is 0.532. The Balaban J connectivity index is 4.19. The van der Waals surface area contributed by atoms with E-state index in [1.165, 1.54) is 0 Å². The van der Waals surface area contributed by atoms with Gasteiger partial charge in [0, 0.05) is 20.2 Å². The molecule has 2 atom stereocenters. The lowest BCUT2D eigenvalue weighted by molar-refractivity contribution is 0.161. The van der Waals surface area contributed by atoms with Crippen molar-refractivity contribution in [2.24, 2.45) is 22.2 Å². The van der Waals surface area contributed by atoms with Crippen LogP contribution in [0.1, 0.15) is 47.5 Å². The number of nitrogens with one attached hydrogen (secondary N) is 1. The normalized spacial score (nSPS) is 16.8. The van der Waals surface area contributed by atoms with Crippen LogP contribution in [0.2, 0.25) is 0 Å². The molecule has 0 aromatic carbocycles. The molecule has 0 rings (SSSR count). The van der Waals surface area contributed by atoms with Crippen molar-refractivity contribution in [2.75, 3.05) is 20.2 Å². The van der Waals surface area contributed by atoms with E-state index >= 15 is 0 Å². The second kappa shape index (κ2) is 7.70. The highest BCUT2D eigenvalue weighted by atomic mass is 16.3. The Morgan fingerprint density at radius 1 is 1.35 bits per heavy atom. The van der Waals surface area contributed by atoms with Crippen LogP contribution >= 0.6 is 0 Å². The van der Waals surface area contributed by atoms with Gasteiger partial charge in [0.05, 0.1) is 5.84 Å². The average molecular weight is 242 g/mol. The summed E-state index contributed by atoms with van der Waals surface area (Å²) in [6.45, 7) is 12.4. The molecule has 0 amide bonds. The summed E-state index contributed by atoms with van der Waals surface area (Å²) < 4.78 is 0. The van der Waals surface area contributed by atoms with Crippen LogP contribution in [0.3, 0.4) is 0 Å². The lowest BCUT2D eigenvalue weighted by Gasteiger charge is -2.34. The van der Waals surface area contributed by atoms with Crippen molar-refractivity contribution in [3.8, 4) is 0 Å². The van der Waals surface area contributed by atoms with Crippen LogP contribution in [0.15, 0.2) is 4.99 Å². The van der Waals surface area contributed by atoms with Crippen molar-refractivity contribution in [1.82, 2.24) is 5.32 Å². The molecule has 3 heteroatoms. The largest absolute Gasteiger partial charge is 0.396 e. The fourth-order valence-corrected chi connectivity index (χ4v) is 2.08. The molecule has 2 N–H and O–H groups in total. The molecule has 0 spiro atoms. The fraction of sp³-hybridized carbons (Fsp3) is 0.929. The van der Waals surface area contributed by atoms with Gasteiger partial charge in [-0.05, 0) is 37.0 Å². The monoisotopic (exact) mass is 242 g/mol. The molecule has 2 unspecified atom stereocenters. The average Bonchev–Trinajstić information content (AvgIpc) is 2.24. The number of hydrogen-bond acceptors (Lipinski definition) is 2. The lowest BCUT2D eigenvalue weighted by Crippen LogP contribution is -2.35. The maximum atomic E-state index is 8.95. The van der Waals surface area contributed by atoms with Crippen LogP contribution < -0.4 is 5.32 Å². The van der Waals surface area contributed by atoms with Gasteiger partial charge >= 0.3 is 0 Å². The minimum absolute atomic E-state index is 0.287. The summed E-state index contributed by atoms with van der Waals surface area (Å²) in [4.78, 5) is 4.11. The molecule has 0 aliphatic carbocycles. The van der Waals surface area contributed by atoms with Crippen molar-refractivity contribution in [3.05, 3.63) is 0 Å². The first-order valence-corrected chi connectivity index (χ1v) is 6.61. The van der Waals surface area contributed by atoms with E-state index in [9.17, 15) is 0 Å². The summed E-state index contributed by atoms with van der Waals surface area (Å²) in [7, 11) is 1.81. The van der Waals surface area contributed by atoms with Gasteiger partial charge in [0.1, 0.15) is 0 Å². The number of amidine groups is 1. The Labute approximate surface area is 107 Å². The number of rotatable bonds is 7. The van der Waals surface area contributed by atoms with E-state index in [2.05, 4.69) is 38.0 Å². The molecule has 0 aliphatic heterocycles. The molecule has 0 aromatic rings. The third-order valence-electron chi connectivity index (χ3n) is 3.83. The Bertz CT molecular complexity index is 236. The van der Waals surface area contributed by atoms with Crippen molar-refractivity contribution < 1.29 is 5.11 Å².